The zero-order valence-corrected chi connectivity index (χ0v) is 9.68. The average Bonchev–Trinajstić information content (AvgIpc) is 2.29. The Morgan fingerprint density at radius 1 is 1.25 bits per heavy atom. The molecule has 1 radical (unpaired) electrons. The lowest BCUT2D eigenvalue weighted by Crippen LogP contribution is -1.84. The minimum atomic E-state index is -0.362. The van der Waals surface area contributed by atoms with Gasteiger partial charge in [0.15, 0.2) is 0 Å². The van der Waals surface area contributed by atoms with Crippen LogP contribution in [0.15, 0.2) is 36.4 Å². The summed E-state index contributed by atoms with van der Waals surface area (Å²) in [6.07, 6.45) is 1.00. The van der Waals surface area contributed by atoms with Crippen LogP contribution in [0.5, 0.6) is 0 Å². The summed E-state index contributed by atoms with van der Waals surface area (Å²) in [6, 6.07) is 13.5. The summed E-state index contributed by atoms with van der Waals surface area (Å²) in [5.74, 6) is -0.362. The van der Waals surface area contributed by atoms with Crippen molar-refractivity contribution >= 4 is 11.6 Å². The zero-order chi connectivity index (χ0) is 11.5. The molecule has 0 nitrogen and oxygen atoms in total. The topological polar surface area (TPSA) is 0 Å². The Morgan fingerprint density at radius 2 is 1.94 bits per heavy atom. The van der Waals surface area contributed by atoms with Crippen molar-refractivity contribution in [1.82, 2.24) is 0 Å². The molecule has 0 spiro atoms. The minimum Gasteiger partial charge on any atom is -0.207 e. The van der Waals surface area contributed by atoms with Gasteiger partial charge in [-0.15, -0.1) is 0 Å². The van der Waals surface area contributed by atoms with Crippen LogP contribution in [0.3, 0.4) is 0 Å². The third-order valence-corrected chi connectivity index (χ3v) is 2.81. The lowest BCUT2D eigenvalue weighted by atomic mass is 10.0. The minimum absolute atomic E-state index is 0.362. The Bertz CT molecular complexity index is 489. The molecule has 0 fully saturated rings. The van der Waals surface area contributed by atoms with Gasteiger partial charge in [0.1, 0.15) is 5.82 Å². The summed E-state index contributed by atoms with van der Waals surface area (Å²) in [7, 11) is 0. The first kappa shape index (κ1) is 11.2. The number of rotatable bonds is 2. The van der Waals surface area contributed by atoms with Gasteiger partial charge in [-0.1, -0.05) is 42.8 Å². The van der Waals surface area contributed by atoms with Gasteiger partial charge in [0.25, 0.3) is 0 Å². The number of halogens is 2. The molecule has 2 rings (SSSR count). The maximum Gasteiger partial charge on any atom is 0.125 e. The molecule has 0 bridgehead atoms. The maximum absolute atomic E-state index is 12.9. The zero-order valence-electron chi connectivity index (χ0n) is 8.93. The van der Waals surface area contributed by atoms with Crippen LogP contribution in [0.25, 0.3) is 11.1 Å². The van der Waals surface area contributed by atoms with Crippen molar-refractivity contribution in [3.8, 4) is 11.1 Å². The summed E-state index contributed by atoms with van der Waals surface area (Å²) in [5.41, 5.74) is 2.97. The SMILES string of the molecule is CCc1ccc(-c2[c]cc(F)cc2Cl)cc1. The van der Waals surface area contributed by atoms with Gasteiger partial charge in [-0.25, -0.2) is 4.39 Å². The largest absolute Gasteiger partial charge is 0.207 e. The number of aryl methyl sites for hydroxylation is 1. The molecule has 0 saturated carbocycles. The summed E-state index contributed by atoms with van der Waals surface area (Å²) in [4.78, 5) is 0. The molecule has 0 aliphatic rings. The molecular weight excluding hydrogens is 223 g/mol. The van der Waals surface area contributed by atoms with E-state index in [1.807, 2.05) is 24.3 Å². The standard InChI is InChI=1S/C14H11ClF/c1-2-10-3-5-11(6-4-10)13-8-7-12(16)9-14(13)15/h3-7,9H,2H2,1H3. The van der Waals surface area contributed by atoms with Crippen LogP contribution in [0.2, 0.25) is 5.02 Å². The maximum atomic E-state index is 12.9. The van der Waals surface area contributed by atoms with Gasteiger partial charge in [-0.2, -0.15) is 0 Å². The smallest absolute Gasteiger partial charge is 0.125 e. The van der Waals surface area contributed by atoms with Gasteiger partial charge in [0.05, 0.1) is 5.02 Å². The molecule has 0 aliphatic carbocycles. The van der Waals surface area contributed by atoms with E-state index >= 15 is 0 Å². The normalized spacial score (nSPS) is 10.4. The molecule has 81 valence electrons. The molecule has 2 aromatic carbocycles. The van der Waals surface area contributed by atoms with E-state index < -0.39 is 0 Å². The highest BCUT2D eigenvalue weighted by Crippen LogP contribution is 2.28. The molecule has 0 heterocycles. The Hall–Kier alpha value is -1.34. The van der Waals surface area contributed by atoms with E-state index in [0.717, 1.165) is 17.5 Å². The van der Waals surface area contributed by atoms with Crippen molar-refractivity contribution in [2.24, 2.45) is 0 Å². The number of hydrogen-bond acceptors (Lipinski definition) is 0. The molecule has 2 aromatic rings. The summed E-state index contributed by atoms with van der Waals surface area (Å²) in [6.45, 7) is 2.10. The van der Waals surface area contributed by atoms with Gasteiger partial charge in [0, 0.05) is 5.56 Å². The van der Waals surface area contributed by atoms with Gasteiger partial charge in [0.2, 0.25) is 0 Å². The molecule has 2 heteroatoms. The van der Waals surface area contributed by atoms with Crippen molar-refractivity contribution in [2.45, 2.75) is 13.3 Å². The molecule has 0 saturated heterocycles. The Balaban J connectivity index is 2.42. The highest BCUT2D eigenvalue weighted by Gasteiger charge is 2.04. The molecular formula is C14H11ClF. The molecule has 0 atom stereocenters. The van der Waals surface area contributed by atoms with Crippen molar-refractivity contribution in [3.63, 3.8) is 0 Å². The van der Waals surface area contributed by atoms with Gasteiger partial charge < -0.3 is 0 Å². The fourth-order valence-electron chi connectivity index (χ4n) is 1.57. The number of benzene rings is 2. The van der Waals surface area contributed by atoms with Crippen LogP contribution in [0, 0.1) is 11.9 Å². The van der Waals surface area contributed by atoms with Crippen LogP contribution in [0.4, 0.5) is 4.39 Å². The molecule has 16 heavy (non-hydrogen) atoms. The highest BCUT2D eigenvalue weighted by atomic mass is 35.5. The fourth-order valence-corrected chi connectivity index (χ4v) is 1.84. The monoisotopic (exact) mass is 233 g/mol. The van der Waals surface area contributed by atoms with Gasteiger partial charge >= 0.3 is 0 Å². The molecule has 0 aliphatic heterocycles. The lowest BCUT2D eigenvalue weighted by molar-refractivity contribution is 0.628. The van der Waals surface area contributed by atoms with E-state index in [2.05, 4.69) is 13.0 Å². The van der Waals surface area contributed by atoms with Crippen molar-refractivity contribution < 1.29 is 4.39 Å². The molecule has 0 aromatic heterocycles. The van der Waals surface area contributed by atoms with Crippen molar-refractivity contribution in [3.05, 3.63) is 58.9 Å². The van der Waals surface area contributed by atoms with Crippen LogP contribution in [-0.2, 0) is 6.42 Å². The second-order valence-electron chi connectivity index (χ2n) is 3.59. The van der Waals surface area contributed by atoms with E-state index in [0.29, 0.717) is 5.02 Å². The first-order valence-corrected chi connectivity index (χ1v) is 5.54. The van der Waals surface area contributed by atoms with Crippen LogP contribution in [-0.4, -0.2) is 0 Å². The Morgan fingerprint density at radius 3 is 2.50 bits per heavy atom. The van der Waals surface area contributed by atoms with Crippen LogP contribution < -0.4 is 0 Å². The van der Waals surface area contributed by atoms with Gasteiger partial charge in [-0.05, 0) is 35.7 Å². The van der Waals surface area contributed by atoms with E-state index in [9.17, 15) is 4.39 Å². The Kier molecular flexibility index (Phi) is 3.25. The molecule has 0 amide bonds. The number of hydrogen-bond donors (Lipinski definition) is 0. The molecule has 0 N–H and O–H groups in total. The lowest BCUT2D eigenvalue weighted by Gasteiger charge is -2.05. The molecule has 0 unspecified atom stereocenters. The van der Waals surface area contributed by atoms with E-state index in [-0.39, 0.29) is 5.82 Å². The predicted molar refractivity (Wildman–Crippen MR) is 65.1 cm³/mol. The fraction of sp³-hybridized carbons (Fsp3) is 0.143. The van der Waals surface area contributed by atoms with Crippen LogP contribution in [0.1, 0.15) is 12.5 Å². The van der Waals surface area contributed by atoms with E-state index in [4.69, 9.17) is 11.6 Å². The quantitative estimate of drug-likeness (QED) is 0.716. The second kappa shape index (κ2) is 4.67. The van der Waals surface area contributed by atoms with E-state index in [1.165, 1.54) is 17.7 Å². The second-order valence-corrected chi connectivity index (χ2v) is 4.00. The van der Waals surface area contributed by atoms with Gasteiger partial charge in [-0.3, -0.25) is 0 Å². The summed E-state index contributed by atoms with van der Waals surface area (Å²) < 4.78 is 12.9. The average molecular weight is 234 g/mol. The third kappa shape index (κ3) is 2.25. The first-order valence-electron chi connectivity index (χ1n) is 5.16. The van der Waals surface area contributed by atoms with Crippen molar-refractivity contribution in [2.75, 3.05) is 0 Å². The summed E-state index contributed by atoms with van der Waals surface area (Å²) >= 11 is 5.97. The predicted octanol–water partition coefficient (Wildman–Crippen LogP) is 4.51. The van der Waals surface area contributed by atoms with Crippen molar-refractivity contribution in [1.29, 1.82) is 0 Å². The van der Waals surface area contributed by atoms with Crippen LogP contribution >= 0.6 is 11.6 Å². The third-order valence-electron chi connectivity index (χ3n) is 2.51. The first-order chi connectivity index (χ1) is 7.70. The van der Waals surface area contributed by atoms with E-state index in [1.54, 1.807) is 0 Å². The summed E-state index contributed by atoms with van der Waals surface area (Å²) in [5, 5.41) is 0.393. The Labute approximate surface area is 99.7 Å². The highest BCUT2D eigenvalue weighted by molar-refractivity contribution is 6.33.